The van der Waals surface area contributed by atoms with Gasteiger partial charge in [0, 0.05) is 12.6 Å². The maximum Gasteiger partial charge on any atom is 0.204 e. The van der Waals surface area contributed by atoms with Crippen molar-refractivity contribution in [3.05, 3.63) is 18.6 Å². The number of aliphatic hydroxyl groups excluding tert-OH is 1. The zero-order chi connectivity index (χ0) is 20.0. The van der Waals surface area contributed by atoms with Gasteiger partial charge in [-0.15, -0.1) is 0 Å². The number of nitrogens with zero attached hydrogens (tertiary/aromatic N) is 4. The van der Waals surface area contributed by atoms with Gasteiger partial charge in [-0.05, 0) is 24.2 Å². The molecule has 1 saturated heterocycles. The first-order valence-corrected chi connectivity index (χ1v) is 11.9. The van der Waals surface area contributed by atoms with Crippen LogP contribution in [0.1, 0.15) is 33.4 Å². The van der Waals surface area contributed by atoms with Gasteiger partial charge in [0.1, 0.15) is 30.1 Å². The molecule has 9 heteroatoms. The second kappa shape index (κ2) is 6.56. The molecule has 0 amide bonds. The van der Waals surface area contributed by atoms with Gasteiger partial charge in [-0.1, -0.05) is 20.8 Å². The van der Waals surface area contributed by atoms with Crippen LogP contribution in [0.15, 0.2) is 18.6 Å². The molecule has 3 N–H and O–H groups in total. The summed E-state index contributed by atoms with van der Waals surface area (Å²) in [5.41, 5.74) is 5.14. The molecule has 0 bridgehead atoms. The van der Waals surface area contributed by atoms with Gasteiger partial charge in [-0.3, -0.25) is 0 Å². The van der Waals surface area contributed by atoms with E-state index in [1.807, 2.05) is 16.8 Å². The first-order valence-electron chi connectivity index (χ1n) is 8.99. The lowest BCUT2D eigenvalue weighted by molar-refractivity contribution is -0.0878. The molecule has 27 heavy (non-hydrogen) atoms. The van der Waals surface area contributed by atoms with Crippen LogP contribution in [0.2, 0.25) is 18.1 Å². The van der Waals surface area contributed by atoms with Crippen LogP contribution in [0, 0.1) is 11.3 Å². The van der Waals surface area contributed by atoms with Crippen molar-refractivity contribution in [2.45, 2.75) is 63.3 Å². The van der Waals surface area contributed by atoms with Gasteiger partial charge in [-0.25, -0.2) is 9.97 Å². The highest BCUT2D eigenvalue weighted by Crippen LogP contribution is 2.45. The monoisotopic (exact) mass is 389 g/mol. The van der Waals surface area contributed by atoms with Crippen molar-refractivity contribution in [2.75, 3.05) is 12.3 Å². The second-order valence-electron chi connectivity index (χ2n) is 8.55. The van der Waals surface area contributed by atoms with Crippen LogP contribution in [0.3, 0.4) is 0 Å². The van der Waals surface area contributed by atoms with E-state index >= 15 is 0 Å². The highest BCUT2D eigenvalue weighted by atomic mass is 28.4. The second-order valence-corrected chi connectivity index (χ2v) is 13.3. The Bertz CT molecular complexity index is 885. The van der Waals surface area contributed by atoms with Crippen LogP contribution in [-0.2, 0) is 9.16 Å². The highest BCUT2D eigenvalue weighted by Gasteiger charge is 2.54. The number of hydrogen-bond acceptors (Lipinski definition) is 7. The molecule has 3 heterocycles. The summed E-state index contributed by atoms with van der Waals surface area (Å²) in [5, 5.41) is 20.5. The van der Waals surface area contributed by atoms with Crippen LogP contribution < -0.4 is 5.73 Å². The Hall–Kier alpha value is -1.99. The number of nitrogen functional groups attached to an aromatic ring is 1. The molecule has 0 saturated carbocycles. The lowest BCUT2D eigenvalue weighted by Crippen LogP contribution is -2.51. The summed E-state index contributed by atoms with van der Waals surface area (Å²) < 4.78 is 14.4. The topological polar surface area (TPSA) is 119 Å². The van der Waals surface area contributed by atoms with Crippen molar-refractivity contribution in [3.8, 4) is 6.07 Å². The largest absolute Gasteiger partial charge is 0.410 e. The van der Waals surface area contributed by atoms with Crippen LogP contribution in [0.25, 0.3) is 11.0 Å². The van der Waals surface area contributed by atoms with Gasteiger partial charge in [0.05, 0.1) is 18.1 Å². The first kappa shape index (κ1) is 19.8. The fourth-order valence-electron chi connectivity index (χ4n) is 3.08. The maximum absolute atomic E-state index is 9.99. The third-order valence-electron chi connectivity index (χ3n) is 5.80. The molecule has 0 spiro atoms. The smallest absolute Gasteiger partial charge is 0.204 e. The molecule has 3 atom stereocenters. The molecule has 8 nitrogen and oxygen atoms in total. The van der Waals surface area contributed by atoms with Gasteiger partial charge in [0.25, 0.3) is 0 Å². The number of rotatable bonds is 4. The normalized spacial score (nSPS) is 26.4. The summed E-state index contributed by atoms with van der Waals surface area (Å²) >= 11 is 0. The number of aromatic nitrogens is 3. The molecule has 1 fully saturated rings. The maximum atomic E-state index is 9.99. The number of ether oxygens (including phenoxy) is 1. The number of hydrogen-bond donors (Lipinski definition) is 2. The van der Waals surface area contributed by atoms with E-state index in [0.29, 0.717) is 17.9 Å². The molecule has 1 aliphatic rings. The Labute approximate surface area is 160 Å². The fraction of sp³-hybridized carbons (Fsp3) is 0.611. The van der Waals surface area contributed by atoms with E-state index in [2.05, 4.69) is 49.9 Å². The fourth-order valence-corrected chi connectivity index (χ4v) is 4.43. The third kappa shape index (κ3) is 3.23. The summed E-state index contributed by atoms with van der Waals surface area (Å²) in [7, 11) is -2.17. The highest BCUT2D eigenvalue weighted by molar-refractivity contribution is 6.74. The molecule has 0 unspecified atom stereocenters. The Balaban J connectivity index is 1.97. The first-order chi connectivity index (χ1) is 12.5. The minimum atomic E-state index is -2.17. The predicted octanol–water partition coefficient (Wildman–Crippen LogP) is 2.58. The van der Waals surface area contributed by atoms with Gasteiger partial charge < -0.3 is 24.6 Å². The Morgan fingerprint density at radius 3 is 2.78 bits per heavy atom. The Kier molecular flexibility index (Phi) is 4.80. The number of nitriles is 1. The van der Waals surface area contributed by atoms with Crippen molar-refractivity contribution in [3.63, 3.8) is 0 Å². The Morgan fingerprint density at radius 1 is 1.48 bits per heavy atom. The molecule has 0 aromatic carbocycles. The summed E-state index contributed by atoms with van der Waals surface area (Å²) in [6.45, 7) is 10.2. The van der Waals surface area contributed by atoms with Crippen LogP contribution >= 0.6 is 0 Å². The molecule has 0 radical (unpaired) electrons. The van der Waals surface area contributed by atoms with Gasteiger partial charge >= 0.3 is 0 Å². The van der Waals surface area contributed by atoms with Crippen molar-refractivity contribution in [1.82, 2.24) is 14.5 Å². The van der Waals surface area contributed by atoms with Crippen molar-refractivity contribution in [1.29, 1.82) is 5.26 Å². The van der Waals surface area contributed by atoms with E-state index in [1.165, 1.54) is 6.33 Å². The zero-order valence-corrected chi connectivity index (χ0v) is 17.4. The van der Waals surface area contributed by atoms with E-state index in [0.717, 1.165) is 5.39 Å². The quantitative estimate of drug-likeness (QED) is 0.771. The minimum Gasteiger partial charge on any atom is -0.410 e. The van der Waals surface area contributed by atoms with E-state index < -0.39 is 32.9 Å². The predicted molar refractivity (Wildman–Crippen MR) is 104 cm³/mol. The van der Waals surface area contributed by atoms with Crippen LogP contribution in [0.5, 0.6) is 0 Å². The van der Waals surface area contributed by atoms with E-state index in [-0.39, 0.29) is 5.04 Å². The van der Waals surface area contributed by atoms with Crippen molar-refractivity contribution < 1.29 is 14.3 Å². The number of anilines is 1. The zero-order valence-electron chi connectivity index (χ0n) is 16.4. The lowest BCUT2D eigenvalue weighted by Gasteiger charge is -2.40. The molecular weight excluding hydrogens is 362 g/mol. The average molecular weight is 390 g/mol. The summed E-state index contributed by atoms with van der Waals surface area (Å²) in [6.07, 6.45) is 2.63. The number of nitrogens with two attached hydrogens (primary N) is 1. The van der Waals surface area contributed by atoms with Gasteiger partial charge in [0.15, 0.2) is 8.32 Å². The molecule has 146 valence electrons. The summed E-state index contributed by atoms with van der Waals surface area (Å²) in [4.78, 5) is 8.30. The number of fused-ring (bicyclic) bond motifs is 1. The van der Waals surface area contributed by atoms with E-state index in [9.17, 15) is 10.4 Å². The van der Waals surface area contributed by atoms with Crippen LogP contribution in [-0.4, -0.2) is 46.3 Å². The molecular formula is C18H27N5O3Si. The van der Waals surface area contributed by atoms with Crippen LogP contribution in [0.4, 0.5) is 5.82 Å². The third-order valence-corrected chi connectivity index (χ3v) is 10.3. The lowest BCUT2D eigenvalue weighted by atomic mass is 10.00. The molecule has 3 rings (SSSR count). The average Bonchev–Trinajstić information content (AvgIpc) is 3.16. The molecule has 0 aliphatic carbocycles. The van der Waals surface area contributed by atoms with Crippen molar-refractivity contribution >= 4 is 25.2 Å². The minimum absolute atomic E-state index is 0.0242. The standard InChI is InChI=1S/C18H27N5O3Si/c1-17(2,3)27(4,5)26-13-8-14(25-18(13,9-19)10-24)23-7-6-12-15(20)21-11-22-16(12)23/h6-7,11,13-14,24H,8,10H2,1-5H3,(H2,20,21,22)/t13-,14+,18+/m0/s1. The molecule has 2 aromatic heterocycles. The Morgan fingerprint density at radius 2 is 2.19 bits per heavy atom. The molecule has 1 aliphatic heterocycles. The summed E-state index contributed by atoms with van der Waals surface area (Å²) in [6, 6.07) is 3.98. The van der Waals surface area contributed by atoms with Gasteiger partial charge in [-0.2, -0.15) is 5.26 Å². The van der Waals surface area contributed by atoms with Crippen molar-refractivity contribution in [2.24, 2.45) is 0 Å². The van der Waals surface area contributed by atoms with E-state index in [1.54, 1.807) is 0 Å². The van der Waals surface area contributed by atoms with E-state index in [4.69, 9.17) is 14.9 Å². The number of aliphatic hydroxyl groups is 1. The molecule has 2 aromatic rings. The SMILES string of the molecule is CC(C)(C)[Si](C)(C)O[C@H]1C[C@H](n2ccc3c(N)ncnc32)O[C@]1(C#N)CO. The van der Waals surface area contributed by atoms with Gasteiger partial charge in [0.2, 0.25) is 5.60 Å². The summed E-state index contributed by atoms with van der Waals surface area (Å²) in [5.74, 6) is 0.388.